The van der Waals surface area contributed by atoms with E-state index in [0.29, 0.717) is 13.1 Å². The lowest BCUT2D eigenvalue weighted by molar-refractivity contribution is -0.138. The smallest absolute Gasteiger partial charge is 0.305 e. The maximum Gasteiger partial charge on any atom is 0.305 e. The molecule has 8 nitrogen and oxygen atoms in total. The number of carboxylic acids is 1. The zero-order valence-electron chi connectivity index (χ0n) is 13.5. The van der Waals surface area contributed by atoms with Crippen molar-refractivity contribution in [1.82, 2.24) is 14.9 Å². The molecule has 2 amide bonds. The van der Waals surface area contributed by atoms with Gasteiger partial charge in [-0.15, -0.1) is 0 Å². The molecule has 0 spiro atoms. The van der Waals surface area contributed by atoms with E-state index in [0.717, 1.165) is 10.6 Å². The van der Waals surface area contributed by atoms with Gasteiger partial charge in [0.25, 0.3) is 5.91 Å². The molecule has 0 aliphatic carbocycles. The van der Waals surface area contributed by atoms with E-state index in [1.54, 1.807) is 17.3 Å². The van der Waals surface area contributed by atoms with Crippen LogP contribution in [0.1, 0.15) is 31.7 Å². The summed E-state index contributed by atoms with van der Waals surface area (Å²) in [4.78, 5) is 40.7. The van der Waals surface area contributed by atoms with E-state index in [4.69, 9.17) is 5.11 Å². The lowest BCUT2D eigenvalue weighted by Crippen LogP contribution is -2.41. The summed E-state index contributed by atoms with van der Waals surface area (Å²) >= 11 is 0. The maximum absolute atomic E-state index is 12.6. The number of aromatic nitrogens is 1. The number of hydrogen-bond donors (Lipinski definition) is 1. The number of rotatable bonds is 7. The largest absolute Gasteiger partial charge is 0.481 e. The lowest BCUT2D eigenvalue weighted by Gasteiger charge is -2.26. The highest BCUT2D eigenvalue weighted by Gasteiger charge is 2.27. The number of aliphatic carboxylic acids is 1. The van der Waals surface area contributed by atoms with Gasteiger partial charge in [-0.1, -0.05) is 0 Å². The van der Waals surface area contributed by atoms with Crippen LogP contribution in [0.3, 0.4) is 0 Å². The molecular formula is C16H20N4O4. The molecule has 0 atom stereocenters. The Hall–Kier alpha value is -2.77. The normalized spacial score (nSPS) is 14.3. The predicted molar refractivity (Wildman–Crippen MR) is 86.0 cm³/mol. The van der Waals surface area contributed by atoms with Crippen LogP contribution in [0.15, 0.2) is 29.6 Å². The highest BCUT2D eigenvalue weighted by Crippen LogP contribution is 2.13. The summed E-state index contributed by atoms with van der Waals surface area (Å²) in [6.07, 6.45) is 3.56. The first kappa shape index (κ1) is 17.6. The van der Waals surface area contributed by atoms with Gasteiger partial charge in [0.15, 0.2) is 0 Å². The Morgan fingerprint density at radius 3 is 2.62 bits per heavy atom. The SMILES string of the molecule is CCN(Cc1ccncc1)C(=O)C1=NN(CCC(=O)O)C(=O)CC1. The monoisotopic (exact) mass is 332 g/mol. The fraction of sp³-hybridized carbons (Fsp3) is 0.438. The second-order valence-corrected chi connectivity index (χ2v) is 5.38. The molecule has 1 aliphatic rings. The summed E-state index contributed by atoms with van der Waals surface area (Å²) in [7, 11) is 0. The van der Waals surface area contributed by atoms with E-state index < -0.39 is 5.97 Å². The Bertz CT molecular complexity index is 645. The summed E-state index contributed by atoms with van der Waals surface area (Å²) in [5.41, 5.74) is 1.24. The molecule has 8 heteroatoms. The molecule has 2 rings (SSSR count). The maximum atomic E-state index is 12.6. The van der Waals surface area contributed by atoms with Gasteiger partial charge in [-0.25, -0.2) is 5.01 Å². The minimum absolute atomic E-state index is 0.0264. The molecular weight excluding hydrogens is 312 g/mol. The quantitative estimate of drug-likeness (QED) is 0.798. The standard InChI is InChI=1S/C16H20N4O4/c1-2-19(11-12-5-8-17-9-6-12)16(24)13-3-4-14(21)20(18-13)10-7-15(22)23/h5-6,8-9H,2-4,7,10-11H2,1H3,(H,22,23). The van der Waals surface area contributed by atoms with Gasteiger partial charge in [0.1, 0.15) is 5.71 Å². The van der Waals surface area contributed by atoms with Crippen molar-refractivity contribution in [3.05, 3.63) is 30.1 Å². The molecule has 0 radical (unpaired) electrons. The minimum Gasteiger partial charge on any atom is -0.481 e. The molecule has 1 aromatic heterocycles. The molecule has 1 N–H and O–H groups in total. The summed E-state index contributed by atoms with van der Waals surface area (Å²) in [6.45, 7) is 2.78. The Morgan fingerprint density at radius 2 is 2.00 bits per heavy atom. The van der Waals surface area contributed by atoms with Crippen LogP contribution >= 0.6 is 0 Å². The van der Waals surface area contributed by atoms with Crippen molar-refractivity contribution >= 4 is 23.5 Å². The van der Waals surface area contributed by atoms with Gasteiger partial charge in [-0.3, -0.25) is 19.4 Å². The first-order valence-electron chi connectivity index (χ1n) is 7.79. The number of amides is 2. The number of carboxylic acid groups (broad SMARTS) is 1. The Balaban J connectivity index is 2.09. The second-order valence-electron chi connectivity index (χ2n) is 5.38. The molecule has 24 heavy (non-hydrogen) atoms. The molecule has 0 aromatic carbocycles. The molecule has 0 bridgehead atoms. The number of hydrazone groups is 1. The van der Waals surface area contributed by atoms with Gasteiger partial charge >= 0.3 is 5.97 Å². The van der Waals surface area contributed by atoms with Gasteiger partial charge < -0.3 is 10.0 Å². The number of nitrogens with zero attached hydrogens (tertiary/aromatic N) is 4. The average Bonchev–Trinajstić information content (AvgIpc) is 2.59. The summed E-state index contributed by atoms with van der Waals surface area (Å²) in [6, 6.07) is 3.67. The van der Waals surface area contributed by atoms with E-state index >= 15 is 0 Å². The number of carbonyl (C=O) groups is 3. The van der Waals surface area contributed by atoms with Crippen LogP contribution in [0.2, 0.25) is 0 Å². The third kappa shape index (κ3) is 4.61. The van der Waals surface area contributed by atoms with Crippen molar-refractivity contribution in [2.24, 2.45) is 5.10 Å². The first-order chi connectivity index (χ1) is 11.5. The third-order valence-electron chi connectivity index (χ3n) is 3.68. The molecule has 0 unspecified atom stereocenters. The molecule has 0 saturated heterocycles. The topological polar surface area (TPSA) is 103 Å². The number of pyridine rings is 1. The van der Waals surface area contributed by atoms with Crippen molar-refractivity contribution in [3.63, 3.8) is 0 Å². The van der Waals surface area contributed by atoms with E-state index in [1.165, 1.54) is 0 Å². The third-order valence-corrected chi connectivity index (χ3v) is 3.68. The zero-order chi connectivity index (χ0) is 17.5. The Kier molecular flexibility index (Phi) is 6.00. The Morgan fingerprint density at radius 1 is 1.29 bits per heavy atom. The first-order valence-corrected chi connectivity index (χ1v) is 7.79. The fourth-order valence-electron chi connectivity index (χ4n) is 2.35. The fourth-order valence-corrected chi connectivity index (χ4v) is 2.35. The summed E-state index contributed by atoms with van der Waals surface area (Å²) in [5.74, 6) is -1.50. The molecule has 1 aromatic rings. The van der Waals surface area contributed by atoms with Crippen LogP contribution in [-0.4, -0.2) is 56.6 Å². The zero-order valence-corrected chi connectivity index (χ0v) is 13.5. The van der Waals surface area contributed by atoms with Crippen LogP contribution in [0.25, 0.3) is 0 Å². The average molecular weight is 332 g/mol. The van der Waals surface area contributed by atoms with Gasteiger partial charge in [0.05, 0.1) is 13.0 Å². The van der Waals surface area contributed by atoms with E-state index in [2.05, 4.69) is 10.1 Å². The number of hydrogen-bond acceptors (Lipinski definition) is 5. The highest BCUT2D eigenvalue weighted by molar-refractivity contribution is 6.39. The van der Waals surface area contributed by atoms with Gasteiger partial charge in [-0.2, -0.15) is 5.10 Å². The van der Waals surface area contributed by atoms with Crippen molar-refractivity contribution in [2.75, 3.05) is 13.1 Å². The van der Waals surface area contributed by atoms with Crippen molar-refractivity contribution in [3.8, 4) is 0 Å². The van der Waals surface area contributed by atoms with E-state index in [9.17, 15) is 14.4 Å². The second kappa shape index (κ2) is 8.19. The Labute approximate surface area is 139 Å². The highest BCUT2D eigenvalue weighted by atomic mass is 16.4. The summed E-state index contributed by atoms with van der Waals surface area (Å²) in [5, 5.41) is 13.9. The summed E-state index contributed by atoms with van der Waals surface area (Å²) < 4.78 is 0. The van der Waals surface area contributed by atoms with Crippen LogP contribution in [0.4, 0.5) is 0 Å². The van der Waals surface area contributed by atoms with E-state index in [-0.39, 0.29) is 43.3 Å². The molecule has 1 aliphatic heterocycles. The van der Waals surface area contributed by atoms with Gasteiger partial charge in [0.2, 0.25) is 5.91 Å². The predicted octanol–water partition coefficient (Wildman–Crippen LogP) is 0.883. The lowest BCUT2D eigenvalue weighted by atomic mass is 10.1. The molecule has 128 valence electrons. The van der Waals surface area contributed by atoms with Gasteiger partial charge in [-0.05, 0) is 24.6 Å². The van der Waals surface area contributed by atoms with E-state index in [1.807, 2.05) is 19.1 Å². The van der Waals surface area contributed by atoms with Crippen molar-refractivity contribution in [1.29, 1.82) is 0 Å². The van der Waals surface area contributed by atoms with Crippen molar-refractivity contribution in [2.45, 2.75) is 32.7 Å². The van der Waals surface area contributed by atoms with Gasteiger partial charge in [0, 0.05) is 38.3 Å². The van der Waals surface area contributed by atoms with Crippen molar-refractivity contribution < 1.29 is 19.5 Å². The molecule has 2 heterocycles. The molecule has 0 saturated carbocycles. The van der Waals surface area contributed by atoms with Crippen LogP contribution in [-0.2, 0) is 20.9 Å². The number of carbonyl (C=O) groups excluding carboxylic acids is 2. The van der Waals surface area contributed by atoms with Crippen LogP contribution < -0.4 is 0 Å². The molecule has 0 fully saturated rings. The van der Waals surface area contributed by atoms with Crippen LogP contribution in [0.5, 0.6) is 0 Å². The van der Waals surface area contributed by atoms with Crippen LogP contribution in [0, 0.1) is 0 Å². The minimum atomic E-state index is -1.01.